The second-order valence-electron chi connectivity index (χ2n) is 4.50. The largest absolute Gasteiger partial charge is 0.299 e. The number of hydrogen-bond acceptors (Lipinski definition) is 2. The SMILES string of the molecule is CCCn1ncc(Br)c1C1CCC(=O)C1C. The van der Waals surface area contributed by atoms with Gasteiger partial charge in [-0.25, -0.2) is 0 Å². The fraction of sp³-hybridized carbons (Fsp3) is 0.667. The van der Waals surface area contributed by atoms with Gasteiger partial charge in [0.25, 0.3) is 0 Å². The number of Topliss-reactive ketones (excluding diaryl/α,β-unsaturated/α-hetero) is 1. The molecule has 3 nitrogen and oxygen atoms in total. The maximum absolute atomic E-state index is 11.6. The van der Waals surface area contributed by atoms with Crippen molar-refractivity contribution in [3.63, 3.8) is 0 Å². The summed E-state index contributed by atoms with van der Waals surface area (Å²) in [5.74, 6) is 0.876. The van der Waals surface area contributed by atoms with Crippen molar-refractivity contribution >= 4 is 21.7 Å². The molecule has 2 unspecified atom stereocenters. The zero-order valence-electron chi connectivity index (χ0n) is 9.74. The Hall–Kier alpha value is -0.640. The Morgan fingerprint density at radius 2 is 2.38 bits per heavy atom. The molecule has 1 aliphatic rings. The van der Waals surface area contributed by atoms with Crippen LogP contribution in [0.5, 0.6) is 0 Å². The summed E-state index contributed by atoms with van der Waals surface area (Å²) >= 11 is 3.55. The van der Waals surface area contributed by atoms with Crippen LogP contribution in [0.25, 0.3) is 0 Å². The van der Waals surface area contributed by atoms with Crippen LogP contribution >= 0.6 is 15.9 Å². The maximum Gasteiger partial charge on any atom is 0.136 e. The molecule has 1 saturated carbocycles. The minimum absolute atomic E-state index is 0.142. The lowest BCUT2D eigenvalue weighted by atomic mass is 9.94. The van der Waals surface area contributed by atoms with Gasteiger partial charge in [-0.05, 0) is 28.8 Å². The molecule has 0 bridgehead atoms. The van der Waals surface area contributed by atoms with Gasteiger partial charge in [-0.1, -0.05) is 13.8 Å². The molecular weight excluding hydrogens is 268 g/mol. The summed E-state index contributed by atoms with van der Waals surface area (Å²) in [7, 11) is 0. The van der Waals surface area contributed by atoms with E-state index < -0.39 is 0 Å². The van der Waals surface area contributed by atoms with Crippen LogP contribution < -0.4 is 0 Å². The summed E-state index contributed by atoms with van der Waals surface area (Å²) in [6, 6.07) is 0. The van der Waals surface area contributed by atoms with Crippen LogP contribution in [-0.4, -0.2) is 15.6 Å². The smallest absolute Gasteiger partial charge is 0.136 e. The summed E-state index contributed by atoms with van der Waals surface area (Å²) in [4.78, 5) is 11.6. The topological polar surface area (TPSA) is 34.9 Å². The van der Waals surface area contributed by atoms with Crippen LogP contribution in [0.2, 0.25) is 0 Å². The Labute approximate surface area is 104 Å². The van der Waals surface area contributed by atoms with Crippen LogP contribution in [0.3, 0.4) is 0 Å². The number of aryl methyl sites for hydroxylation is 1. The molecule has 2 rings (SSSR count). The van der Waals surface area contributed by atoms with Crippen LogP contribution in [0.1, 0.15) is 44.7 Å². The molecular formula is C12H17BrN2O. The zero-order valence-corrected chi connectivity index (χ0v) is 11.3. The molecule has 2 atom stereocenters. The van der Waals surface area contributed by atoms with Crippen LogP contribution in [0.15, 0.2) is 10.7 Å². The van der Waals surface area contributed by atoms with Gasteiger partial charge in [0.2, 0.25) is 0 Å². The molecule has 1 aliphatic carbocycles. The van der Waals surface area contributed by atoms with Gasteiger partial charge < -0.3 is 0 Å². The summed E-state index contributed by atoms with van der Waals surface area (Å²) in [5.41, 5.74) is 1.21. The first-order valence-electron chi connectivity index (χ1n) is 5.89. The van der Waals surface area contributed by atoms with Gasteiger partial charge in [0, 0.05) is 24.8 Å². The van der Waals surface area contributed by atoms with Gasteiger partial charge in [-0.3, -0.25) is 9.48 Å². The minimum Gasteiger partial charge on any atom is -0.299 e. The Morgan fingerprint density at radius 1 is 1.62 bits per heavy atom. The molecule has 0 radical (unpaired) electrons. The van der Waals surface area contributed by atoms with Gasteiger partial charge >= 0.3 is 0 Å². The average molecular weight is 285 g/mol. The quantitative estimate of drug-likeness (QED) is 0.855. The highest BCUT2D eigenvalue weighted by atomic mass is 79.9. The van der Waals surface area contributed by atoms with Crippen molar-refractivity contribution < 1.29 is 4.79 Å². The molecule has 0 aromatic carbocycles. The Morgan fingerprint density at radius 3 is 2.94 bits per heavy atom. The van der Waals surface area contributed by atoms with E-state index in [0.717, 1.165) is 30.3 Å². The summed E-state index contributed by atoms with van der Waals surface area (Å²) in [6.45, 7) is 5.11. The number of carbonyl (C=O) groups excluding carboxylic acids is 1. The van der Waals surface area contributed by atoms with Crippen molar-refractivity contribution in [3.05, 3.63) is 16.4 Å². The minimum atomic E-state index is 0.142. The monoisotopic (exact) mass is 284 g/mol. The second-order valence-corrected chi connectivity index (χ2v) is 5.36. The maximum atomic E-state index is 11.6. The highest BCUT2D eigenvalue weighted by Gasteiger charge is 2.35. The normalized spacial score (nSPS) is 25.3. The number of ketones is 1. The van der Waals surface area contributed by atoms with Crippen molar-refractivity contribution in [1.82, 2.24) is 9.78 Å². The Bertz CT molecular complexity index is 400. The standard InChI is InChI=1S/C12H17BrN2O/c1-3-6-15-12(10(13)7-14-15)9-4-5-11(16)8(9)2/h7-9H,3-6H2,1-2H3. The van der Waals surface area contributed by atoms with E-state index in [1.165, 1.54) is 5.69 Å². The van der Waals surface area contributed by atoms with Gasteiger partial charge in [-0.2, -0.15) is 5.10 Å². The van der Waals surface area contributed by atoms with Crippen LogP contribution in [0.4, 0.5) is 0 Å². The third-order valence-electron chi connectivity index (χ3n) is 3.43. The predicted octanol–water partition coefficient (Wildman–Crippen LogP) is 3.14. The molecule has 0 amide bonds. The van der Waals surface area contributed by atoms with E-state index in [4.69, 9.17) is 0 Å². The van der Waals surface area contributed by atoms with Crippen molar-refractivity contribution in [2.24, 2.45) is 5.92 Å². The molecule has 0 aliphatic heterocycles. The zero-order chi connectivity index (χ0) is 11.7. The molecule has 0 saturated heterocycles. The first kappa shape index (κ1) is 11.8. The van der Waals surface area contributed by atoms with Crippen molar-refractivity contribution in [1.29, 1.82) is 0 Å². The lowest BCUT2D eigenvalue weighted by molar-refractivity contribution is -0.120. The van der Waals surface area contributed by atoms with Gasteiger partial charge in [0.05, 0.1) is 16.4 Å². The number of aromatic nitrogens is 2. The van der Waals surface area contributed by atoms with E-state index >= 15 is 0 Å². The van der Waals surface area contributed by atoms with E-state index in [9.17, 15) is 4.79 Å². The van der Waals surface area contributed by atoms with E-state index in [1.807, 2.05) is 17.8 Å². The molecule has 0 spiro atoms. The molecule has 1 aromatic rings. The first-order chi connectivity index (χ1) is 7.65. The third kappa shape index (κ3) is 1.95. The van der Waals surface area contributed by atoms with Gasteiger partial charge in [0.1, 0.15) is 5.78 Å². The lowest BCUT2D eigenvalue weighted by Crippen LogP contribution is -2.14. The number of nitrogens with zero attached hydrogens (tertiary/aromatic N) is 2. The highest BCUT2D eigenvalue weighted by Crippen LogP contribution is 2.40. The first-order valence-corrected chi connectivity index (χ1v) is 6.68. The number of halogens is 1. The van der Waals surface area contributed by atoms with Crippen molar-refractivity contribution in [2.75, 3.05) is 0 Å². The number of hydrogen-bond donors (Lipinski definition) is 0. The molecule has 1 fully saturated rings. The fourth-order valence-electron chi connectivity index (χ4n) is 2.50. The van der Waals surface area contributed by atoms with E-state index in [1.54, 1.807) is 0 Å². The summed E-state index contributed by atoms with van der Waals surface area (Å²) in [6.07, 6.45) is 4.60. The molecule has 88 valence electrons. The van der Waals surface area contributed by atoms with Gasteiger partial charge in [0.15, 0.2) is 0 Å². The molecule has 1 heterocycles. The third-order valence-corrected chi connectivity index (χ3v) is 4.04. The van der Waals surface area contributed by atoms with E-state index in [0.29, 0.717) is 11.7 Å². The number of carbonyl (C=O) groups is 1. The molecule has 16 heavy (non-hydrogen) atoms. The molecule has 1 aromatic heterocycles. The van der Waals surface area contributed by atoms with E-state index in [-0.39, 0.29) is 5.92 Å². The second kappa shape index (κ2) is 4.70. The van der Waals surface area contributed by atoms with Crippen molar-refractivity contribution in [3.8, 4) is 0 Å². The van der Waals surface area contributed by atoms with E-state index in [2.05, 4.69) is 28.0 Å². The summed E-state index contributed by atoms with van der Waals surface area (Å²) in [5, 5.41) is 4.37. The predicted molar refractivity (Wildman–Crippen MR) is 66.4 cm³/mol. The Balaban J connectivity index is 2.32. The summed E-state index contributed by atoms with van der Waals surface area (Å²) < 4.78 is 3.09. The fourth-order valence-corrected chi connectivity index (χ4v) is 3.09. The number of rotatable bonds is 3. The average Bonchev–Trinajstić information content (AvgIpc) is 2.75. The van der Waals surface area contributed by atoms with Gasteiger partial charge in [-0.15, -0.1) is 0 Å². The lowest BCUT2D eigenvalue weighted by Gasteiger charge is -2.17. The Kier molecular flexibility index (Phi) is 3.47. The molecule has 4 heteroatoms. The van der Waals surface area contributed by atoms with Crippen LogP contribution in [-0.2, 0) is 11.3 Å². The van der Waals surface area contributed by atoms with Crippen molar-refractivity contribution in [2.45, 2.75) is 45.6 Å². The highest BCUT2D eigenvalue weighted by molar-refractivity contribution is 9.10. The van der Waals surface area contributed by atoms with Crippen LogP contribution in [0, 0.1) is 5.92 Å². The molecule has 0 N–H and O–H groups in total.